The van der Waals surface area contributed by atoms with Crippen LogP contribution in [0.25, 0.3) is 21.9 Å². The lowest BCUT2D eigenvalue weighted by Gasteiger charge is -2.29. The maximum absolute atomic E-state index is 14.0. The molecule has 2 N–H and O–H groups in total. The molecular weight excluding hydrogens is 383 g/mol. The molecule has 1 unspecified atom stereocenters. The smallest absolute Gasteiger partial charge is 0.307 e. The quantitative estimate of drug-likeness (QED) is 0.462. The fraction of sp³-hybridized carbons (Fsp3) is 0.0833. The molecule has 0 spiro atoms. The largest absolute Gasteiger partial charge is 0.436 e. The van der Waals surface area contributed by atoms with Crippen molar-refractivity contribution in [3.63, 3.8) is 0 Å². The molecule has 4 nitrogen and oxygen atoms in total. The number of fused-ring (bicyclic) bond motifs is 4. The first kappa shape index (κ1) is 20.8. The van der Waals surface area contributed by atoms with Crippen molar-refractivity contribution in [2.24, 2.45) is 0 Å². The van der Waals surface area contributed by atoms with E-state index in [1.807, 2.05) is 84.9 Å². The highest BCUT2D eigenvalue weighted by atomic mass is 31.2. The van der Waals surface area contributed by atoms with E-state index in [-0.39, 0.29) is 0 Å². The molecule has 1 heterocycles. The van der Waals surface area contributed by atoms with Gasteiger partial charge in [-0.3, -0.25) is 4.57 Å². The summed E-state index contributed by atoms with van der Waals surface area (Å²) in [4.78, 5) is 0. The molecule has 0 saturated carbocycles. The summed E-state index contributed by atoms with van der Waals surface area (Å²) in [5, 5.41) is 17.7. The van der Waals surface area contributed by atoms with E-state index >= 15 is 0 Å². The molecule has 0 amide bonds. The Labute approximate surface area is 170 Å². The van der Waals surface area contributed by atoms with Crippen LogP contribution >= 0.6 is 7.37 Å². The summed E-state index contributed by atoms with van der Waals surface area (Å²) in [6.07, 6.45) is 0. The lowest BCUT2D eigenvalue weighted by Crippen LogP contribution is -2.25. The standard InChI is InChI=1S/C22H15O2P.2CH4O/c23-25(18-14-13-16-7-1-2-8-17(16)15-18)22-12-6-4-10-20(22)19-9-3-5-11-21(19)24-25;2*1-2/h1-15H;2*2H,1H3. The molecule has 0 aromatic heterocycles. The topological polar surface area (TPSA) is 66.8 Å². The maximum Gasteiger partial charge on any atom is 0.307 e. The molecule has 0 saturated heterocycles. The predicted octanol–water partition coefficient (Wildman–Crippen LogP) is 4.35. The highest BCUT2D eigenvalue weighted by Gasteiger charge is 2.37. The van der Waals surface area contributed by atoms with E-state index in [1.165, 1.54) is 0 Å². The number of aliphatic hydroxyl groups excluding tert-OH is 2. The normalized spacial score (nSPS) is 16.1. The lowest BCUT2D eigenvalue weighted by atomic mass is 10.0. The van der Waals surface area contributed by atoms with E-state index in [9.17, 15) is 4.57 Å². The minimum atomic E-state index is -3.19. The molecule has 5 rings (SSSR count). The second kappa shape index (κ2) is 9.06. The monoisotopic (exact) mass is 406 g/mol. The average Bonchev–Trinajstić information content (AvgIpc) is 2.81. The summed E-state index contributed by atoms with van der Waals surface area (Å²) in [5.41, 5.74) is 1.98. The fourth-order valence-corrected chi connectivity index (χ4v) is 5.76. The number of benzene rings is 4. The number of rotatable bonds is 1. The predicted molar refractivity (Wildman–Crippen MR) is 120 cm³/mol. The van der Waals surface area contributed by atoms with E-state index in [0.717, 1.165) is 46.7 Å². The zero-order valence-electron chi connectivity index (χ0n) is 16.3. The van der Waals surface area contributed by atoms with Crippen LogP contribution in [-0.2, 0) is 4.57 Å². The third-order valence-corrected chi connectivity index (χ3v) is 7.13. The van der Waals surface area contributed by atoms with Crippen LogP contribution in [0.3, 0.4) is 0 Å². The van der Waals surface area contributed by atoms with E-state index in [4.69, 9.17) is 14.7 Å². The molecule has 148 valence electrons. The molecule has 1 atom stereocenters. The Morgan fingerprint density at radius 2 is 1.24 bits per heavy atom. The van der Waals surface area contributed by atoms with E-state index in [1.54, 1.807) is 0 Å². The first-order valence-electron chi connectivity index (χ1n) is 9.13. The Balaban J connectivity index is 0.000000568. The van der Waals surface area contributed by atoms with Gasteiger partial charge in [-0.2, -0.15) is 0 Å². The molecular formula is C24H23O4P. The molecule has 5 heteroatoms. The number of aliphatic hydroxyl groups is 2. The lowest BCUT2D eigenvalue weighted by molar-refractivity contribution is 0.399. The van der Waals surface area contributed by atoms with Gasteiger partial charge >= 0.3 is 7.37 Å². The van der Waals surface area contributed by atoms with Gasteiger partial charge in [0.25, 0.3) is 0 Å². The second-order valence-electron chi connectivity index (χ2n) is 6.19. The molecule has 1 aliphatic heterocycles. The number of hydrogen-bond donors (Lipinski definition) is 2. The van der Waals surface area contributed by atoms with Crippen molar-refractivity contribution < 1.29 is 19.3 Å². The molecule has 0 fully saturated rings. The van der Waals surface area contributed by atoms with Gasteiger partial charge in [-0.25, -0.2) is 0 Å². The van der Waals surface area contributed by atoms with Crippen molar-refractivity contribution in [1.29, 1.82) is 0 Å². The number of para-hydroxylation sites is 1. The minimum Gasteiger partial charge on any atom is -0.436 e. The second-order valence-corrected chi connectivity index (χ2v) is 8.47. The van der Waals surface area contributed by atoms with Gasteiger partial charge in [-0.1, -0.05) is 66.7 Å². The highest BCUT2D eigenvalue weighted by molar-refractivity contribution is 7.75. The zero-order chi connectivity index (χ0) is 20.9. The van der Waals surface area contributed by atoms with Crippen molar-refractivity contribution in [3.8, 4) is 16.9 Å². The van der Waals surface area contributed by atoms with Crippen molar-refractivity contribution in [2.75, 3.05) is 14.2 Å². The molecule has 29 heavy (non-hydrogen) atoms. The van der Waals surface area contributed by atoms with Crippen LogP contribution in [-0.4, -0.2) is 24.4 Å². The molecule has 0 radical (unpaired) electrons. The van der Waals surface area contributed by atoms with Gasteiger partial charge in [0, 0.05) is 19.8 Å². The fourth-order valence-electron chi connectivity index (χ4n) is 3.47. The van der Waals surface area contributed by atoms with Crippen LogP contribution in [0.1, 0.15) is 0 Å². The van der Waals surface area contributed by atoms with E-state index < -0.39 is 7.37 Å². The average molecular weight is 406 g/mol. The number of hydrogen-bond acceptors (Lipinski definition) is 4. The summed E-state index contributed by atoms with van der Waals surface area (Å²) in [7, 11) is -1.19. The third kappa shape index (κ3) is 3.70. The summed E-state index contributed by atoms with van der Waals surface area (Å²) in [6, 6.07) is 29.6. The van der Waals surface area contributed by atoms with Gasteiger partial charge in [0.05, 0.1) is 10.6 Å². The Kier molecular flexibility index (Phi) is 6.50. The molecule has 4 aromatic rings. The van der Waals surface area contributed by atoms with Gasteiger partial charge in [0.1, 0.15) is 5.75 Å². The Morgan fingerprint density at radius 3 is 2.00 bits per heavy atom. The van der Waals surface area contributed by atoms with Crippen LogP contribution in [0.15, 0.2) is 91.0 Å². The van der Waals surface area contributed by atoms with Crippen LogP contribution < -0.4 is 15.1 Å². The van der Waals surface area contributed by atoms with Gasteiger partial charge in [-0.05, 0) is 40.6 Å². The summed E-state index contributed by atoms with van der Waals surface area (Å²) < 4.78 is 20.2. The summed E-state index contributed by atoms with van der Waals surface area (Å²) in [6.45, 7) is 0. The van der Waals surface area contributed by atoms with Crippen LogP contribution in [0, 0.1) is 0 Å². The van der Waals surface area contributed by atoms with Crippen LogP contribution in [0.4, 0.5) is 0 Å². The Hall–Kier alpha value is -2.91. The highest BCUT2D eigenvalue weighted by Crippen LogP contribution is 2.53. The van der Waals surface area contributed by atoms with Crippen LogP contribution in [0.5, 0.6) is 5.75 Å². The maximum atomic E-state index is 14.0. The van der Waals surface area contributed by atoms with Gasteiger partial charge in [0.2, 0.25) is 0 Å². The summed E-state index contributed by atoms with van der Waals surface area (Å²) in [5.74, 6) is 0.678. The summed E-state index contributed by atoms with van der Waals surface area (Å²) >= 11 is 0. The molecule has 0 aliphatic carbocycles. The molecule has 1 aliphatic rings. The van der Waals surface area contributed by atoms with E-state index in [0.29, 0.717) is 5.75 Å². The van der Waals surface area contributed by atoms with E-state index in [2.05, 4.69) is 6.07 Å². The van der Waals surface area contributed by atoms with Gasteiger partial charge in [0.15, 0.2) is 0 Å². The van der Waals surface area contributed by atoms with Crippen molar-refractivity contribution in [2.45, 2.75) is 0 Å². The van der Waals surface area contributed by atoms with Gasteiger partial charge < -0.3 is 14.7 Å². The first-order chi connectivity index (χ1) is 14.3. The van der Waals surface area contributed by atoms with Gasteiger partial charge in [-0.15, -0.1) is 0 Å². The molecule has 4 aromatic carbocycles. The molecule has 0 bridgehead atoms. The third-order valence-electron chi connectivity index (χ3n) is 4.70. The Bertz CT molecular complexity index is 1170. The van der Waals surface area contributed by atoms with Crippen molar-refractivity contribution in [3.05, 3.63) is 91.0 Å². The zero-order valence-corrected chi connectivity index (χ0v) is 17.2. The SMILES string of the molecule is CO.CO.O=P1(c2ccc3ccccc3c2)Oc2ccccc2-c2ccccc21. The minimum absolute atomic E-state index is 0.678. The Morgan fingerprint density at radius 1 is 0.655 bits per heavy atom. The van der Waals surface area contributed by atoms with Crippen molar-refractivity contribution in [1.82, 2.24) is 0 Å². The van der Waals surface area contributed by atoms with Crippen molar-refractivity contribution >= 4 is 28.8 Å². The van der Waals surface area contributed by atoms with Crippen LogP contribution in [0.2, 0.25) is 0 Å². The first-order valence-corrected chi connectivity index (χ1v) is 10.8.